The highest BCUT2D eigenvalue weighted by molar-refractivity contribution is 6.00. The quantitative estimate of drug-likeness (QED) is 0.751. The van der Waals surface area contributed by atoms with E-state index in [4.69, 9.17) is 3.79 Å². The molecule has 0 N–H and O–H groups in total. The fraction of sp³-hybridized carbons (Fsp3) is 0.250. The van der Waals surface area contributed by atoms with Crippen molar-refractivity contribution in [3.05, 3.63) is 36.5 Å². The summed E-state index contributed by atoms with van der Waals surface area (Å²) < 4.78 is 7.19. The number of aryl methyl sites for hydroxylation is 1. The van der Waals surface area contributed by atoms with Gasteiger partial charge in [0, 0.05) is 18.3 Å². The van der Waals surface area contributed by atoms with Crippen LogP contribution in [0.25, 0.3) is 11.3 Å². The molecule has 0 atom stereocenters. The van der Waals surface area contributed by atoms with Crippen molar-refractivity contribution < 1.29 is 3.79 Å². The summed E-state index contributed by atoms with van der Waals surface area (Å²) in [5, 5.41) is 4.51. The van der Waals surface area contributed by atoms with Crippen LogP contribution >= 0.6 is 0 Å². The molecule has 16 heavy (non-hydrogen) atoms. The lowest BCUT2D eigenvalue weighted by Crippen LogP contribution is -1.97. The highest BCUT2D eigenvalue weighted by Gasteiger charge is 2.06. The first kappa shape index (κ1) is 11.3. The number of rotatable bonds is 4. The molecule has 0 aliphatic carbocycles. The number of hydrogen-bond acceptors (Lipinski definition) is 2. The van der Waals surface area contributed by atoms with Gasteiger partial charge in [0.15, 0.2) is 0 Å². The Hall–Kier alpha value is -1.24. The van der Waals surface area contributed by atoms with Gasteiger partial charge in [-0.2, -0.15) is 5.10 Å². The van der Waals surface area contributed by atoms with Gasteiger partial charge >= 0.3 is 16.6 Å². The van der Waals surface area contributed by atoms with Crippen LogP contribution < -0.4 is 3.79 Å². The van der Waals surface area contributed by atoms with Gasteiger partial charge in [-0.15, -0.1) is 0 Å². The van der Waals surface area contributed by atoms with E-state index < -0.39 is 0 Å². The minimum Gasteiger partial charge on any atom is -0.653 e. The van der Waals surface area contributed by atoms with Crippen LogP contribution in [0.15, 0.2) is 36.5 Å². The predicted molar refractivity (Wildman–Crippen MR) is 64.3 cm³/mol. The molecule has 0 aliphatic rings. The van der Waals surface area contributed by atoms with Gasteiger partial charge < -0.3 is 3.79 Å². The van der Waals surface area contributed by atoms with Gasteiger partial charge in [0.2, 0.25) is 0 Å². The molecule has 4 heteroatoms. The van der Waals surface area contributed by atoms with E-state index in [1.54, 1.807) is 0 Å². The van der Waals surface area contributed by atoms with Crippen LogP contribution in [0.1, 0.15) is 13.3 Å². The lowest BCUT2D eigenvalue weighted by Gasteiger charge is -2.07. The van der Waals surface area contributed by atoms with Crippen LogP contribution in [-0.2, 0) is 6.54 Å². The number of benzene rings is 1. The normalized spacial score (nSPS) is 10.3. The van der Waals surface area contributed by atoms with E-state index in [-0.39, 0.29) is 0 Å². The van der Waals surface area contributed by atoms with Crippen molar-refractivity contribution in [2.75, 3.05) is 0 Å². The standard InChI is InChI=1S/C12H14N2O.Al/c1-2-8-14-9-7-11(13-14)10-5-3-4-6-12(10)15;/h3-7,9,15H,2,8H2,1H3;/q;+1/p-1. The molecule has 80 valence electrons. The van der Waals surface area contributed by atoms with E-state index in [0.29, 0.717) is 0 Å². The van der Waals surface area contributed by atoms with E-state index in [2.05, 4.69) is 28.6 Å². The smallest absolute Gasteiger partial charge is 0.482 e. The number of para-hydroxylation sites is 1. The molecule has 0 bridgehead atoms. The molecule has 0 fully saturated rings. The van der Waals surface area contributed by atoms with Gasteiger partial charge in [0.1, 0.15) is 0 Å². The zero-order valence-electron chi connectivity index (χ0n) is 9.26. The van der Waals surface area contributed by atoms with Gasteiger partial charge in [-0.05, 0) is 24.6 Å². The van der Waals surface area contributed by atoms with E-state index in [1.165, 1.54) is 0 Å². The summed E-state index contributed by atoms with van der Waals surface area (Å²) in [4.78, 5) is 0. The molecule has 1 heterocycles. The number of hydrogen-bond donors (Lipinski definition) is 0. The molecule has 0 unspecified atom stereocenters. The maximum atomic E-state index is 5.24. The Morgan fingerprint density at radius 2 is 2.12 bits per heavy atom. The van der Waals surface area contributed by atoms with Crippen molar-refractivity contribution in [2.24, 2.45) is 0 Å². The molecule has 2 aromatic rings. The Labute approximate surface area is 104 Å². The second kappa shape index (κ2) is 5.20. The van der Waals surface area contributed by atoms with Crippen molar-refractivity contribution in [2.45, 2.75) is 19.9 Å². The number of aromatic nitrogens is 2. The third-order valence-corrected chi connectivity index (χ3v) is 2.64. The SMILES string of the molecule is CCCn1ccc(-c2ccccc2[O][Al])n1. The van der Waals surface area contributed by atoms with Crippen LogP contribution in [0.4, 0.5) is 0 Å². The van der Waals surface area contributed by atoms with Crippen molar-refractivity contribution in [3.8, 4) is 17.0 Å². The lowest BCUT2D eigenvalue weighted by molar-refractivity contribution is 0.601. The predicted octanol–water partition coefficient (Wildman–Crippen LogP) is 2.42. The third kappa shape index (κ3) is 2.29. The molecule has 3 nitrogen and oxygen atoms in total. The van der Waals surface area contributed by atoms with E-state index in [0.717, 1.165) is 30.0 Å². The largest absolute Gasteiger partial charge is 0.653 e. The van der Waals surface area contributed by atoms with Crippen LogP contribution in [0.3, 0.4) is 0 Å². The molecular weight excluding hydrogens is 215 g/mol. The van der Waals surface area contributed by atoms with Crippen LogP contribution in [0, 0.1) is 0 Å². The Morgan fingerprint density at radius 1 is 1.31 bits per heavy atom. The van der Waals surface area contributed by atoms with Gasteiger partial charge in [-0.1, -0.05) is 19.1 Å². The van der Waals surface area contributed by atoms with E-state index >= 15 is 0 Å². The first-order valence-electron chi connectivity index (χ1n) is 5.34. The summed E-state index contributed by atoms with van der Waals surface area (Å²) in [6.07, 6.45) is 3.08. The molecule has 0 saturated carbocycles. The Bertz CT molecular complexity index is 468. The maximum Gasteiger partial charge on any atom is 0.482 e. The summed E-state index contributed by atoms with van der Waals surface area (Å²) in [6, 6.07) is 9.89. The highest BCUT2D eigenvalue weighted by atomic mass is 27.1. The molecule has 1 aromatic carbocycles. The molecule has 0 amide bonds. The van der Waals surface area contributed by atoms with Crippen LogP contribution in [-0.4, -0.2) is 26.4 Å². The monoisotopic (exact) mass is 228 g/mol. The van der Waals surface area contributed by atoms with Gasteiger partial charge in [0.05, 0.1) is 11.4 Å². The molecule has 2 radical (unpaired) electrons. The summed E-state index contributed by atoms with van der Waals surface area (Å²) in [5.41, 5.74) is 1.97. The molecule has 0 spiro atoms. The van der Waals surface area contributed by atoms with Crippen molar-refractivity contribution in [3.63, 3.8) is 0 Å². The lowest BCUT2D eigenvalue weighted by atomic mass is 10.1. The Kier molecular flexibility index (Phi) is 3.66. The first-order chi connectivity index (χ1) is 7.85. The van der Waals surface area contributed by atoms with Gasteiger partial charge in [0.25, 0.3) is 0 Å². The van der Waals surface area contributed by atoms with Crippen molar-refractivity contribution in [1.82, 2.24) is 9.78 Å². The Morgan fingerprint density at radius 3 is 2.88 bits per heavy atom. The summed E-state index contributed by atoms with van der Waals surface area (Å²) in [7, 11) is 0. The van der Waals surface area contributed by atoms with Crippen molar-refractivity contribution >= 4 is 16.6 Å². The second-order valence-electron chi connectivity index (χ2n) is 3.58. The molecule has 1 aromatic heterocycles. The molecule has 0 aliphatic heterocycles. The number of nitrogens with zero attached hydrogens (tertiary/aromatic N) is 2. The van der Waals surface area contributed by atoms with E-state index in [9.17, 15) is 0 Å². The zero-order valence-corrected chi connectivity index (χ0v) is 10.4. The van der Waals surface area contributed by atoms with Crippen LogP contribution in [0.5, 0.6) is 5.75 Å². The van der Waals surface area contributed by atoms with Crippen molar-refractivity contribution in [1.29, 1.82) is 0 Å². The summed E-state index contributed by atoms with van der Waals surface area (Å²) >= 11 is 2.27. The summed E-state index contributed by atoms with van der Waals surface area (Å²) in [6.45, 7) is 3.09. The molecule has 2 rings (SSSR count). The third-order valence-electron chi connectivity index (χ3n) is 2.38. The summed E-state index contributed by atoms with van der Waals surface area (Å²) in [5.74, 6) is 0.828. The fourth-order valence-corrected chi connectivity index (χ4v) is 1.85. The molecule has 0 saturated heterocycles. The highest BCUT2D eigenvalue weighted by Crippen LogP contribution is 2.27. The maximum absolute atomic E-state index is 5.24. The minimum atomic E-state index is 0.828. The molecular formula is C12H13AlN2O. The van der Waals surface area contributed by atoms with E-state index in [1.807, 2.05) is 41.2 Å². The second-order valence-corrected chi connectivity index (χ2v) is 3.81. The topological polar surface area (TPSA) is 27.1 Å². The average Bonchev–Trinajstić information content (AvgIpc) is 2.78. The van der Waals surface area contributed by atoms with Gasteiger partial charge in [-0.25, -0.2) is 0 Å². The average molecular weight is 228 g/mol. The zero-order chi connectivity index (χ0) is 11.4. The first-order valence-corrected chi connectivity index (χ1v) is 5.82. The van der Waals surface area contributed by atoms with Crippen LogP contribution in [0.2, 0.25) is 0 Å². The van der Waals surface area contributed by atoms with Gasteiger partial charge in [-0.3, -0.25) is 4.68 Å². The minimum absolute atomic E-state index is 0.828. The fourth-order valence-electron chi connectivity index (χ4n) is 1.64. The Balaban J connectivity index is 2.34.